The van der Waals surface area contributed by atoms with Crippen LogP contribution in [0.1, 0.15) is 6.42 Å². The van der Waals surface area contributed by atoms with Gasteiger partial charge in [-0.3, -0.25) is 0 Å². The van der Waals surface area contributed by atoms with Crippen LogP contribution in [0, 0.1) is 0 Å². The molecule has 0 aromatic heterocycles. The molecule has 2 N–H and O–H groups in total. The highest BCUT2D eigenvalue weighted by Crippen LogP contribution is 2.36. The molecule has 126 valence electrons. The van der Waals surface area contributed by atoms with E-state index in [2.05, 4.69) is 76.2 Å². The number of anilines is 2. The largest absolute Gasteiger partial charge is 0.383 e. The van der Waals surface area contributed by atoms with Gasteiger partial charge in [0.1, 0.15) is 0 Å². The minimum absolute atomic E-state index is 0.592. The van der Waals surface area contributed by atoms with E-state index in [0.717, 1.165) is 26.2 Å². The summed E-state index contributed by atoms with van der Waals surface area (Å²) in [4.78, 5) is 2.59. The molecule has 2 heterocycles. The van der Waals surface area contributed by atoms with Crippen LogP contribution in [0.15, 0.2) is 60.7 Å². The third-order valence-corrected chi connectivity index (χ3v) is 5.53. The van der Waals surface area contributed by atoms with Gasteiger partial charge in [-0.2, -0.15) is 0 Å². The number of rotatable bonds is 1. The lowest BCUT2D eigenvalue weighted by Crippen LogP contribution is -2.51. The van der Waals surface area contributed by atoms with Gasteiger partial charge in [0, 0.05) is 32.2 Å². The average molecular weight is 329 g/mol. The van der Waals surface area contributed by atoms with Crippen molar-refractivity contribution < 1.29 is 0 Å². The van der Waals surface area contributed by atoms with Gasteiger partial charge in [-0.1, -0.05) is 42.5 Å². The number of hydrogen-bond donors (Lipinski definition) is 2. The minimum Gasteiger partial charge on any atom is -0.383 e. The van der Waals surface area contributed by atoms with Crippen molar-refractivity contribution >= 4 is 22.1 Å². The SMILES string of the molecule is c1ccc2cc(-c3ccc4c(c3)N3CCNCC3CCN4)ccc2c1. The lowest BCUT2D eigenvalue weighted by Gasteiger charge is -2.37. The number of hydrogen-bond acceptors (Lipinski definition) is 3. The van der Waals surface area contributed by atoms with Crippen molar-refractivity contribution in [2.24, 2.45) is 0 Å². The zero-order valence-electron chi connectivity index (χ0n) is 14.3. The molecule has 0 aliphatic carbocycles. The van der Waals surface area contributed by atoms with Crippen LogP contribution >= 0.6 is 0 Å². The molecule has 1 saturated heterocycles. The summed E-state index contributed by atoms with van der Waals surface area (Å²) in [7, 11) is 0. The topological polar surface area (TPSA) is 27.3 Å². The molecule has 3 aromatic rings. The van der Waals surface area contributed by atoms with Crippen LogP contribution in [0.3, 0.4) is 0 Å². The third-order valence-electron chi connectivity index (χ3n) is 5.53. The van der Waals surface area contributed by atoms with E-state index in [9.17, 15) is 0 Å². The van der Waals surface area contributed by atoms with E-state index < -0.39 is 0 Å². The van der Waals surface area contributed by atoms with Gasteiger partial charge < -0.3 is 15.5 Å². The van der Waals surface area contributed by atoms with Crippen LogP contribution in [0.25, 0.3) is 21.9 Å². The second kappa shape index (κ2) is 6.08. The molecule has 0 saturated carbocycles. The number of nitrogens with one attached hydrogen (secondary N) is 2. The summed E-state index contributed by atoms with van der Waals surface area (Å²) in [5.41, 5.74) is 5.21. The Bertz CT molecular complexity index is 918. The summed E-state index contributed by atoms with van der Waals surface area (Å²) < 4.78 is 0. The number of nitrogens with zero attached hydrogens (tertiary/aromatic N) is 1. The van der Waals surface area contributed by atoms with E-state index in [0.29, 0.717) is 6.04 Å². The van der Waals surface area contributed by atoms with Crippen LogP contribution in [0.5, 0.6) is 0 Å². The molecular weight excluding hydrogens is 306 g/mol. The van der Waals surface area contributed by atoms with Crippen molar-refractivity contribution in [1.29, 1.82) is 0 Å². The Morgan fingerprint density at radius 1 is 0.840 bits per heavy atom. The Morgan fingerprint density at radius 3 is 2.64 bits per heavy atom. The van der Waals surface area contributed by atoms with Gasteiger partial charge in [0.2, 0.25) is 0 Å². The fraction of sp³-hybridized carbons (Fsp3) is 0.273. The molecule has 5 rings (SSSR count). The number of piperazine rings is 1. The fourth-order valence-corrected chi connectivity index (χ4v) is 4.18. The summed E-state index contributed by atoms with van der Waals surface area (Å²) in [6, 6.07) is 22.8. The van der Waals surface area contributed by atoms with Gasteiger partial charge in [-0.15, -0.1) is 0 Å². The fourth-order valence-electron chi connectivity index (χ4n) is 4.18. The second-order valence-corrected chi connectivity index (χ2v) is 7.06. The van der Waals surface area contributed by atoms with Crippen LogP contribution in [-0.4, -0.2) is 32.2 Å². The van der Waals surface area contributed by atoms with Crippen LogP contribution in [0.4, 0.5) is 11.4 Å². The molecule has 0 spiro atoms. The van der Waals surface area contributed by atoms with Crippen molar-refractivity contribution in [1.82, 2.24) is 5.32 Å². The minimum atomic E-state index is 0.592. The van der Waals surface area contributed by atoms with Crippen molar-refractivity contribution in [3.05, 3.63) is 60.7 Å². The molecule has 3 nitrogen and oxygen atoms in total. The normalized spacial score (nSPS) is 19.7. The van der Waals surface area contributed by atoms with E-state index in [1.54, 1.807) is 0 Å². The van der Waals surface area contributed by atoms with Crippen molar-refractivity contribution in [2.45, 2.75) is 12.5 Å². The van der Waals surface area contributed by atoms with Gasteiger partial charge in [0.15, 0.2) is 0 Å². The second-order valence-electron chi connectivity index (χ2n) is 7.06. The molecule has 0 amide bonds. The monoisotopic (exact) mass is 329 g/mol. The van der Waals surface area contributed by atoms with Gasteiger partial charge in [0.05, 0.1) is 11.4 Å². The quantitative estimate of drug-likeness (QED) is 0.704. The standard InChI is InChI=1S/C22H23N3/c1-2-4-17-13-18(6-5-16(17)3-1)19-7-8-21-22(14-19)25-12-11-23-15-20(25)9-10-24-21/h1-8,13-14,20,23-24H,9-12,15H2. The number of fused-ring (bicyclic) bond motifs is 4. The van der Waals surface area contributed by atoms with Gasteiger partial charge in [-0.25, -0.2) is 0 Å². The highest BCUT2D eigenvalue weighted by molar-refractivity contribution is 5.88. The maximum atomic E-state index is 3.62. The Hall–Kier alpha value is -2.52. The molecule has 25 heavy (non-hydrogen) atoms. The Balaban J connectivity index is 1.59. The first-order valence-electron chi connectivity index (χ1n) is 9.23. The van der Waals surface area contributed by atoms with Crippen molar-refractivity contribution in [2.75, 3.05) is 36.4 Å². The molecule has 1 unspecified atom stereocenters. The van der Waals surface area contributed by atoms with Gasteiger partial charge >= 0.3 is 0 Å². The van der Waals surface area contributed by atoms with E-state index in [1.165, 1.54) is 39.7 Å². The highest BCUT2D eigenvalue weighted by Gasteiger charge is 2.26. The zero-order chi connectivity index (χ0) is 16.6. The van der Waals surface area contributed by atoms with Crippen molar-refractivity contribution in [3.63, 3.8) is 0 Å². The molecular formula is C22H23N3. The summed E-state index contributed by atoms with van der Waals surface area (Å²) in [5.74, 6) is 0. The Labute approximate surface area is 148 Å². The summed E-state index contributed by atoms with van der Waals surface area (Å²) >= 11 is 0. The zero-order valence-corrected chi connectivity index (χ0v) is 14.3. The molecule has 3 aromatic carbocycles. The summed E-state index contributed by atoms with van der Waals surface area (Å²) in [6.45, 7) is 4.28. The average Bonchev–Trinajstić information content (AvgIpc) is 2.86. The number of benzene rings is 3. The maximum absolute atomic E-state index is 3.62. The molecule has 2 aliphatic rings. The van der Waals surface area contributed by atoms with Gasteiger partial charge in [-0.05, 0) is 46.5 Å². The van der Waals surface area contributed by atoms with E-state index in [1.807, 2.05) is 0 Å². The molecule has 2 aliphatic heterocycles. The van der Waals surface area contributed by atoms with Crippen LogP contribution in [-0.2, 0) is 0 Å². The molecule has 1 atom stereocenters. The van der Waals surface area contributed by atoms with Crippen LogP contribution in [0.2, 0.25) is 0 Å². The van der Waals surface area contributed by atoms with E-state index in [4.69, 9.17) is 0 Å². The molecule has 0 bridgehead atoms. The van der Waals surface area contributed by atoms with E-state index in [-0.39, 0.29) is 0 Å². The Morgan fingerprint density at radius 2 is 1.68 bits per heavy atom. The summed E-state index contributed by atoms with van der Waals surface area (Å²) in [6.07, 6.45) is 1.19. The van der Waals surface area contributed by atoms with Crippen LogP contribution < -0.4 is 15.5 Å². The smallest absolute Gasteiger partial charge is 0.0611 e. The lowest BCUT2D eigenvalue weighted by molar-refractivity contribution is 0.466. The molecule has 1 fully saturated rings. The lowest BCUT2D eigenvalue weighted by atomic mass is 9.99. The first-order chi connectivity index (χ1) is 12.4. The van der Waals surface area contributed by atoms with Crippen molar-refractivity contribution in [3.8, 4) is 11.1 Å². The molecule has 0 radical (unpaired) electrons. The summed E-state index contributed by atoms with van der Waals surface area (Å²) in [5, 5.41) is 9.76. The molecule has 3 heteroatoms. The first kappa shape index (κ1) is 14.8. The maximum Gasteiger partial charge on any atom is 0.0611 e. The predicted molar refractivity (Wildman–Crippen MR) is 106 cm³/mol. The van der Waals surface area contributed by atoms with E-state index >= 15 is 0 Å². The Kier molecular flexibility index (Phi) is 3.60. The predicted octanol–water partition coefficient (Wildman–Crippen LogP) is 4.10. The first-order valence-corrected chi connectivity index (χ1v) is 9.23. The highest BCUT2D eigenvalue weighted by atomic mass is 15.2. The third kappa shape index (κ3) is 2.65. The van der Waals surface area contributed by atoms with Gasteiger partial charge in [0.25, 0.3) is 0 Å².